The number of ether oxygens (including phenoxy) is 2. The minimum absolute atomic E-state index is 0.0270. The van der Waals surface area contributed by atoms with Gasteiger partial charge in [0.25, 0.3) is 0 Å². The van der Waals surface area contributed by atoms with E-state index in [0.717, 1.165) is 30.8 Å². The molecule has 0 radical (unpaired) electrons. The molecule has 1 N–H and O–H groups in total. The Morgan fingerprint density at radius 3 is 2.82 bits per heavy atom. The van der Waals surface area contributed by atoms with Gasteiger partial charge in [0.2, 0.25) is 5.91 Å². The van der Waals surface area contributed by atoms with Crippen molar-refractivity contribution in [1.82, 2.24) is 5.32 Å². The van der Waals surface area contributed by atoms with Crippen LogP contribution in [-0.4, -0.2) is 38.1 Å². The number of rotatable bonds is 6. The molecule has 0 aliphatic carbocycles. The minimum atomic E-state index is -0.0888. The Kier molecular flexibility index (Phi) is 5.95. The molecule has 1 fully saturated rings. The Labute approximate surface area is 131 Å². The minimum Gasteiger partial charge on any atom is -0.496 e. The highest BCUT2D eigenvalue weighted by molar-refractivity contribution is 5.98. The highest BCUT2D eigenvalue weighted by Gasteiger charge is 2.17. The molecule has 1 atom stereocenters. The molecular formula is C17H23NO4. The van der Waals surface area contributed by atoms with Crippen LogP contribution in [0.1, 0.15) is 41.6 Å². The summed E-state index contributed by atoms with van der Waals surface area (Å²) in [6.07, 6.45) is 2.33. The first-order chi connectivity index (χ1) is 10.6. The van der Waals surface area contributed by atoms with Gasteiger partial charge >= 0.3 is 0 Å². The quantitative estimate of drug-likeness (QED) is 0.819. The van der Waals surface area contributed by atoms with Crippen LogP contribution in [0.15, 0.2) is 18.2 Å². The Morgan fingerprint density at radius 2 is 2.18 bits per heavy atom. The third kappa shape index (κ3) is 4.56. The molecule has 0 aromatic heterocycles. The Balaban J connectivity index is 1.81. The van der Waals surface area contributed by atoms with E-state index in [1.54, 1.807) is 25.3 Å². The monoisotopic (exact) mass is 305 g/mol. The van der Waals surface area contributed by atoms with Gasteiger partial charge in [0.05, 0.1) is 19.8 Å². The lowest BCUT2D eigenvalue weighted by atomic mass is 10.0. The van der Waals surface area contributed by atoms with Crippen molar-refractivity contribution in [3.63, 3.8) is 0 Å². The van der Waals surface area contributed by atoms with E-state index in [1.165, 1.54) is 0 Å². The zero-order valence-electron chi connectivity index (χ0n) is 13.2. The van der Waals surface area contributed by atoms with Gasteiger partial charge in [-0.15, -0.1) is 0 Å². The van der Waals surface area contributed by atoms with Crippen LogP contribution in [0.3, 0.4) is 0 Å². The number of nitrogens with one attached hydrogen (secondary N) is 1. The van der Waals surface area contributed by atoms with E-state index >= 15 is 0 Å². The van der Waals surface area contributed by atoms with Gasteiger partial charge in [-0.05, 0) is 43.5 Å². The second-order valence-corrected chi connectivity index (χ2v) is 5.59. The van der Waals surface area contributed by atoms with E-state index in [0.29, 0.717) is 12.2 Å². The highest BCUT2D eigenvalue weighted by Crippen LogP contribution is 2.19. The summed E-state index contributed by atoms with van der Waals surface area (Å²) in [5, 5.41) is 2.92. The third-order valence-electron chi connectivity index (χ3n) is 3.82. The first kappa shape index (κ1) is 16.5. The number of hydrogen-bond donors (Lipinski definition) is 1. The highest BCUT2D eigenvalue weighted by atomic mass is 16.5. The zero-order chi connectivity index (χ0) is 15.9. The number of ketones is 1. The molecule has 1 aliphatic rings. The molecule has 1 aliphatic heterocycles. The Morgan fingerprint density at radius 1 is 1.36 bits per heavy atom. The van der Waals surface area contributed by atoms with Crippen molar-refractivity contribution in [1.29, 1.82) is 0 Å². The van der Waals surface area contributed by atoms with Gasteiger partial charge in [-0.1, -0.05) is 0 Å². The van der Waals surface area contributed by atoms with Crippen molar-refractivity contribution in [3.8, 4) is 5.75 Å². The van der Waals surface area contributed by atoms with Crippen molar-refractivity contribution < 1.29 is 19.1 Å². The van der Waals surface area contributed by atoms with E-state index in [-0.39, 0.29) is 30.6 Å². The van der Waals surface area contributed by atoms with Crippen LogP contribution in [0.4, 0.5) is 0 Å². The largest absolute Gasteiger partial charge is 0.496 e. The van der Waals surface area contributed by atoms with Gasteiger partial charge < -0.3 is 14.8 Å². The standard InChI is InChI=1S/C17H23NO4/c1-12-10-13(5-7-16(12)21-2)15(19)6-8-17(20)18-14-4-3-9-22-11-14/h5,7,10,14H,3-4,6,8-9,11H2,1-2H3,(H,18,20)/t14-/m1/s1. The summed E-state index contributed by atoms with van der Waals surface area (Å²) in [6, 6.07) is 5.40. The van der Waals surface area contributed by atoms with E-state index < -0.39 is 0 Å². The summed E-state index contributed by atoms with van der Waals surface area (Å²) in [6.45, 7) is 3.23. The summed E-state index contributed by atoms with van der Waals surface area (Å²) >= 11 is 0. The molecule has 0 unspecified atom stereocenters. The van der Waals surface area contributed by atoms with Crippen LogP contribution in [0, 0.1) is 6.92 Å². The fourth-order valence-electron chi connectivity index (χ4n) is 2.58. The van der Waals surface area contributed by atoms with E-state index in [1.807, 2.05) is 6.92 Å². The fraction of sp³-hybridized carbons (Fsp3) is 0.529. The molecule has 0 spiro atoms. The molecule has 120 valence electrons. The van der Waals surface area contributed by atoms with Gasteiger partial charge in [-0.3, -0.25) is 9.59 Å². The van der Waals surface area contributed by atoms with E-state index in [9.17, 15) is 9.59 Å². The summed E-state index contributed by atoms with van der Waals surface area (Å²) in [7, 11) is 1.60. The summed E-state index contributed by atoms with van der Waals surface area (Å²) in [5.41, 5.74) is 1.53. The third-order valence-corrected chi connectivity index (χ3v) is 3.82. The summed E-state index contributed by atoms with van der Waals surface area (Å²) < 4.78 is 10.5. The molecule has 5 heteroatoms. The second-order valence-electron chi connectivity index (χ2n) is 5.59. The van der Waals surface area contributed by atoms with Gasteiger partial charge in [-0.25, -0.2) is 0 Å². The average Bonchev–Trinajstić information content (AvgIpc) is 2.53. The van der Waals surface area contributed by atoms with Gasteiger partial charge in [0.1, 0.15) is 5.75 Å². The van der Waals surface area contributed by atoms with Crippen molar-refractivity contribution in [3.05, 3.63) is 29.3 Å². The van der Waals surface area contributed by atoms with Crippen molar-refractivity contribution in [2.75, 3.05) is 20.3 Å². The molecule has 5 nitrogen and oxygen atoms in total. The second kappa shape index (κ2) is 7.94. The number of aryl methyl sites for hydroxylation is 1. The van der Waals surface area contributed by atoms with E-state index in [4.69, 9.17) is 9.47 Å². The number of hydrogen-bond acceptors (Lipinski definition) is 4. The van der Waals surface area contributed by atoms with Crippen LogP contribution in [-0.2, 0) is 9.53 Å². The average molecular weight is 305 g/mol. The van der Waals surface area contributed by atoms with Gasteiger partial charge in [0, 0.05) is 25.0 Å². The molecule has 1 amide bonds. The molecule has 1 aromatic rings. The summed E-state index contributed by atoms with van der Waals surface area (Å²) in [4.78, 5) is 24.0. The van der Waals surface area contributed by atoms with Crippen molar-refractivity contribution in [2.45, 2.75) is 38.6 Å². The fourth-order valence-corrected chi connectivity index (χ4v) is 2.58. The van der Waals surface area contributed by atoms with Crippen LogP contribution >= 0.6 is 0 Å². The smallest absolute Gasteiger partial charge is 0.220 e. The SMILES string of the molecule is COc1ccc(C(=O)CCC(=O)N[C@@H]2CCCOC2)cc1C. The maximum atomic E-state index is 12.1. The van der Waals surface area contributed by atoms with E-state index in [2.05, 4.69) is 5.32 Å². The lowest BCUT2D eigenvalue weighted by molar-refractivity contribution is -0.122. The lowest BCUT2D eigenvalue weighted by Crippen LogP contribution is -2.40. The maximum Gasteiger partial charge on any atom is 0.220 e. The molecule has 1 aromatic carbocycles. The molecule has 22 heavy (non-hydrogen) atoms. The normalized spacial score (nSPS) is 17.8. The maximum absolute atomic E-state index is 12.1. The topological polar surface area (TPSA) is 64.6 Å². The number of amides is 1. The number of Topliss-reactive ketones (excluding diaryl/α,β-unsaturated/α-hetero) is 1. The zero-order valence-corrected chi connectivity index (χ0v) is 13.2. The molecule has 1 saturated heterocycles. The van der Waals surface area contributed by atoms with Crippen LogP contribution in [0.2, 0.25) is 0 Å². The first-order valence-electron chi connectivity index (χ1n) is 7.65. The molecular weight excluding hydrogens is 282 g/mol. The Hall–Kier alpha value is -1.88. The van der Waals surface area contributed by atoms with Crippen LogP contribution < -0.4 is 10.1 Å². The number of carbonyl (C=O) groups excluding carboxylic acids is 2. The molecule has 2 rings (SSSR count). The summed E-state index contributed by atoms with van der Waals surface area (Å²) in [5.74, 6) is 0.640. The Bertz CT molecular complexity index is 535. The lowest BCUT2D eigenvalue weighted by Gasteiger charge is -2.23. The number of carbonyl (C=O) groups is 2. The predicted octanol–water partition coefficient (Wildman–Crippen LogP) is 2.26. The molecule has 1 heterocycles. The number of benzene rings is 1. The van der Waals surface area contributed by atoms with Crippen molar-refractivity contribution in [2.24, 2.45) is 0 Å². The first-order valence-corrected chi connectivity index (χ1v) is 7.65. The number of methoxy groups -OCH3 is 1. The predicted molar refractivity (Wildman–Crippen MR) is 83.3 cm³/mol. The van der Waals surface area contributed by atoms with Crippen LogP contribution in [0.5, 0.6) is 5.75 Å². The van der Waals surface area contributed by atoms with Crippen LogP contribution in [0.25, 0.3) is 0 Å². The van der Waals surface area contributed by atoms with Crippen molar-refractivity contribution >= 4 is 11.7 Å². The molecule has 0 saturated carbocycles. The molecule has 0 bridgehead atoms. The van der Waals surface area contributed by atoms with Gasteiger partial charge in [-0.2, -0.15) is 0 Å². The van der Waals surface area contributed by atoms with Gasteiger partial charge in [0.15, 0.2) is 5.78 Å².